The maximum absolute atomic E-state index is 6.18. The second kappa shape index (κ2) is 6.82. The number of halogens is 2. The van der Waals surface area contributed by atoms with E-state index in [0.717, 1.165) is 24.2 Å². The van der Waals surface area contributed by atoms with E-state index in [1.807, 2.05) is 30.3 Å². The van der Waals surface area contributed by atoms with Gasteiger partial charge < -0.3 is 4.74 Å². The molecule has 1 nitrogen and oxygen atoms in total. The molecule has 0 radical (unpaired) electrons. The Morgan fingerprint density at radius 1 is 0.913 bits per heavy atom. The standard InChI is InChI=1S/C20H18Cl2O/c1-13-17(14-6-9-16(23-2)10-7-14)4-3-5-18(13)15-8-11-19(21)20(22)12-15/h5-12H,3-4H2,1-2H3. The maximum Gasteiger partial charge on any atom is 0.118 e. The first-order valence-corrected chi connectivity index (χ1v) is 8.36. The van der Waals surface area contributed by atoms with Gasteiger partial charge in [0.25, 0.3) is 0 Å². The molecule has 1 aliphatic carbocycles. The van der Waals surface area contributed by atoms with Crippen LogP contribution >= 0.6 is 23.2 Å². The lowest BCUT2D eigenvalue weighted by Crippen LogP contribution is -1.99. The second-order valence-corrected chi connectivity index (χ2v) is 6.43. The summed E-state index contributed by atoms with van der Waals surface area (Å²) in [7, 11) is 1.69. The fourth-order valence-corrected chi connectivity index (χ4v) is 3.31. The average molecular weight is 345 g/mol. The summed E-state index contributed by atoms with van der Waals surface area (Å²) in [6, 6.07) is 14.1. The molecule has 3 heteroatoms. The zero-order valence-electron chi connectivity index (χ0n) is 13.2. The minimum Gasteiger partial charge on any atom is -0.497 e. The molecule has 118 valence electrons. The van der Waals surface area contributed by atoms with Crippen LogP contribution in [0.25, 0.3) is 11.1 Å². The number of allylic oxidation sites excluding steroid dienone is 4. The normalized spacial score (nSPS) is 14.7. The van der Waals surface area contributed by atoms with Gasteiger partial charge in [-0.15, -0.1) is 0 Å². The Morgan fingerprint density at radius 3 is 2.26 bits per heavy atom. The van der Waals surface area contributed by atoms with Crippen LogP contribution < -0.4 is 4.74 Å². The molecule has 0 atom stereocenters. The smallest absolute Gasteiger partial charge is 0.118 e. The molecule has 0 bridgehead atoms. The van der Waals surface area contributed by atoms with E-state index < -0.39 is 0 Å². The van der Waals surface area contributed by atoms with Crippen molar-refractivity contribution in [3.8, 4) is 5.75 Å². The Hall–Kier alpha value is -1.70. The Labute approximate surface area is 147 Å². The first-order chi connectivity index (χ1) is 11.1. The largest absolute Gasteiger partial charge is 0.497 e. The molecular weight excluding hydrogens is 327 g/mol. The molecule has 3 rings (SSSR count). The highest BCUT2D eigenvalue weighted by molar-refractivity contribution is 6.42. The number of methoxy groups -OCH3 is 1. The average Bonchev–Trinajstić information content (AvgIpc) is 2.58. The molecule has 0 saturated heterocycles. The van der Waals surface area contributed by atoms with E-state index in [1.165, 1.54) is 22.3 Å². The first kappa shape index (κ1) is 16.2. The molecule has 0 unspecified atom stereocenters. The zero-order valence-corrected chi connectivity index (χ0v) is 14.7. The third kappa shape index (κ3) is 3.31. The van der Waals surface area contributed by atoms with Crippen LogP contribution in [0.1, 0.15) is 30.9 Å². The van der Waals surface area contributed by atoms with Gasteiger partial charge in [0, 0.05) is 0 Å². The summed E-state index contributed by atoms with van der Waals surface area (Å²) in [5.41, 5.74) is 6.26. The van der Waals surface area contributed by atoms with Gasteiger partial charge in [-0.1, -0.05) is 47.5 Å². The predicted molar refractivity (Wildman–Crippen MR) is 99.3 cm³/mol. The molecule has 0 aliphatic heterocycles. The summed E-state index contributed by atoms with van der Waals surface area (Å²) in [5.74, 6) is 0.878. The molecule has 0 N–H and O–H groups in total. The minimum absolute atomic E-state index is 0.587. The number of ether oxygens (including phenoxy) is 1. The van der Waals surface area contributed by atoms with Crippen molar-refractivity contribution in [2.45, 2.75) is 19.8 Å². The highest BCUT2D eigenvalue weighted by Crippen LogP contribution is 2.38. The molecule has 0 amide bonds. The number of hydrogen-bond acceptors (Lipinski definition) is 1. The van der Waals surface area contributed by atoms with E-state index in [-0.39, 0.29) is 0 Å². The van der Waals surface area contributed by atoms with Gasteiger partial charge in [0.2, 0.25) is 0 Å². The Bertz CT molecular complexity index is 786. The van der Waals surface area contributed by atoms with Crippen LogP contribution in [0.2, 0.25) is 10.0 Å². The summed E-state index contributed by atoms with van der Waals surface area (Å²) in [6.45, 7) is 2.17. The fourth-order valence-electron chi connectivity index (χ4n) is 3.02. The maximum atomic E-state index is 6.18. The van der Waals surface area contributed by atoms with Gasteiger partial charge in [0.05, 0.1) is 17.2 Å². The molecule has 23 heavy (non-hydrogen) atoms. The first-order valence-electron chi connectivity index (χ1n) is 7.60. The second-order valence-electron chi connectivity index (χ2n) is 5.62. The molecular formula is C20H18Cl2O. The van der Waals surface area contributed by atoms with Crippen molar-refractivity contribution < 1.29 is 4.74 Å². The molecule has 0 aromatic heterocycles. The molecule has 2 aromatic carbocycles. The molecule has 0 heterocycles. The molecule has 2 aromatic rings. The van der Waals surface area contributed by atoms with E-state index in [4.69, 9.17) is 27.9 Å². The lowest BCUT2D eigenvalue weighted by atomic mass is 9.85. The topological polar surface area (TPSA) is 9.23 Å². The number of benzene rings is 2. The monoisotopic (exact) mass is 344 g/mol. The van der Waals surface area contributed by atoms with Gasteiger partial charge in [-0.2, -0.15) is 0 Å². The fraction of sp³-hybridized carbons (Fsp3) is 0.200. The van der Waals surface area contributed by atoms with E-state index in [1.54, 1.807) is 7.11 Å². The van der Waals surface area contributed by atoms with Gasteiger partial charge in [0.1, 0.15) is 5.75 Å². The third-order valence-electron chi connectivity index (χ3n) is 4.27. The van der Waals surface area contributed by atoms with E-state index >= 15 is 0 Å². The highest BCUT2D eigenvalue weighted by atomic mass is 35.5. The van der Waals surface area contributed by atoms with Crippen molar-refractivity contribution in [2.75, 3.05) is 7.11 Å². The Kier molecular flexibility index (Phi) is 4.79. The molecule has 0 saturated carbocycles. The summed E-state index contributed by atoms with van der Waals surface area (Å²) < 4.78 is 5.24. The van der Waals surface area contributed by atoms with Crippen LogP contribution in [-0.4, -0.2) is 7.11 Å². The minimum atomic E-state index is 0.587. The number of rotatable bonds is 3. The van der Waals surface area contributed by atoms with Crippen LogP contribution in [0.3, 0.4) is 0 Å². The van der Waals surface area contributed by atoms with Gasteiger partial charge >= 0.3 is 0 Å². The van der Waals surface area contributed by atoms with Crippen molar-refractivity contribution in [2.24, 2.45) is 0 Å². The van der Waals surface area contributed by atoms with E-state index in [2.05, 4.69) is 25.1 Å². The Balaban J connectivity index is 2.00. The van der Waals surface area contributed by atoms with Gasteiger partial charge in [-0.3, -0.25) is 0 Å². The van der Waals surface area contributed by atoms with E-state index in [0.29, 0.717) is 10.0 Å². The van der Waals surface area contributed by atoms with Crippen LogP contribution in [0, 0.1) is 0 Å². The van der Waals surface area contributed by atoms with Crippen molar-refractivity contribution in [3.05, 3.63) is 75.3 Å². The van der Waals surface area contributed by atoms with Gasteiger partial charge in [0.15, 0.2) is 0 Å². The van der Waals surface area contributed by atoms with Crippen molar-refractivity contribution in [1.29, 1.82) is 0 Å². The van der Waals surface area contributed by atoms with Crippen molar-refractivity contribution in [3.63, 3.8) is 0 Å². The SMILES string of the molecule is COc1ccc(C2=C(C)C(c3ccc(Cl)c(Cl)c3)=CCC2)cc1. The van der Waals surface area contributed by atoms with Gasteiger partial charge in [-0.05, 0) is 71.9 Å². The van der Waals surface area contributed by atoms with Crippen LogP contribution in [0.4, 0.5) is 0 Å². The van der Waals surface area contributed by atoms with Crippen LogP contribution in [0.15, 0.2) is 54.1 Å². The summed E-state index contributed by atoms with van der Waals surface area (Å²) in [5, 5.41) is 1.18. The Morgan fingerprint density at radius 2 is 1.61 bits per heavy atom. The quantitative estimate of drug-likeness (QED) is 0.605. The lowest BCUT2D eigenvalue weighted by molar-refractivity contribution is 0.415. The third-order valence-corrected chi connectivity index (χ3v) is 5.01. The van der Waals surface area contributed by atoms with E-state index in [9.17, 15) is 0 Å². The molecule has 0 fully saturated rings. The number of hydrogen-bond donors (Lipinski definition) is 0. The molecule has 1 aliphatic rings. The lowest BCUT2D eigenvalue weighted by Gasteiger charge is -2.21. The zero-order chi connectivity index (χ0) is 16.4. The predicted octanol–water partition coefficient (Wildman–Crippen LogP) is 6.65. The molecule has 0 spiro atoms. The van der Waals surface area contributed by atoms with Crippen LogP contribution in [0.5, 0.6) is 5.75 Å². The van der Waals surface area contributed by atoms with Gasteiger partial charge in [-0.25, -0.2) is 0 Å². The highest BCUT2D eigenvalue weighted by Gasteiger charge is 2.16. The van der Waals surface area contributed by atoms with Crippen LogP contribution in [-0.2, 0) is 0 Å². The summed E-state index contributed by atoms with van der Waals surface area (Å²) in [4.78, 5) is 0. The van der Waals surface area contributed by atoms with Crippen molar-refractivity contribution >= 4 is 34.3 Å². The van der Waals surface area contributed by atoms with Crippen molar-refractivity contribution in [1.82, 2.24) is 0 Å². The summed E-state index contributed by atoms with van der Waals surface area (Å²) >= 11 is 12.2. The summed E-state index contributed by atoms with van der Waals surface area (Å²) in [6.07, 6.45) is 4.35.